The number of nitrogens with one attached hydrogen (secondary N) is 2. The summed E-state index contributed by atoms with van der Waals surface area (Å²) >= 11 is 0. The quantitative estimate of drug-likeness (QED) is 0.223. The molecule has 2 saturated carbocycles. The molecule has 10 rings (SSSR count). The summed E-state index contributed by atoms with van der Waals surface area (Å²) in [6, 6.07) is 6.21. The van der Waals surface area contributed by atoms with Crippen molar-refractivity contribution in [3.05, 3.63) is 0 Å². The molecule has 2 aliphatic carbocycles. The van der Waals surface area contributed by atoms with Crippen LogP contribution in [0.4, 0.5) is 0 Å². The first-order valence-electron chi connectivity index (χ1n) is 36.2. The molecule has 1 unspecified atom stereocenters. The molecule has 0 amide bonds. The first-order valence-corrected chi connectivity index (χ1v) is 36.2. The van der Waals surface area contributed by atoms with Crippen LogP contribution in [0, 0.1) is 29.6 Å². The lowest BCUT2D eigenvalue weighted by molar-refractivity contribution is 0.138. The minimum Gasteiger partial charge on any atom is -0.314 e. The molecule has 0 aromatic carbocycles. The van der Waals surface area contributed by atoms with Crippen LogP contribution < -0.4 is 10.6 Å². The molecule has 8 heterocycles. The number of piperazine rings is 1. The third-order valence-electron chi connectivity index (χ3n) is 19.7. The van der Waals surface area contributed by atoms with Gasteiger partial charge in [0.2, 0.25) is 0 Å². The number of piperidine rings is 2. The van der Waals surface area contributed by atoms with Crippen molar-refractivity contribution in [3.63, 3.8) is 0 Å². The van der Waals surface area contributed by atoms with Crippen molar-refractivity contribution in [1.82, 2.24) is 44.9 Å². The van der Waals surface area contributed by atoms with Crippen LogP contribution in [0.15, 0.2) is 0 Å². The van der Waals surface area contributed by atoms with Crippen LogP contribution in [0.25, 0.3) is 0 Å². The molecular formula is C77H173N9. The first kappa shape index (κ1) is 94.3. The number of hydrogen-bond donors (Lipinski definition) is 2. The Kier molecular flexibility index (Phi) is 64.1. The lowest BCUT2D eigenvalue weighted by atomic mass is 9.82. The van der Waals surface area contributed by atoms with Crippen molar-refractivity contribution < 1.29 is 0 Å². The minimum absolute atomic E-state index is 0. The lowest BCUT2D eigenvalue weighted by Gasteiger charge is -2.34. The standard InChI is InChI=1S/C9H18.2C8H17N.C8H16.C7H16N2.2C7H15N.3C6H13N.5CH4/c3*1-8(2)9-6-4-3-5-7-9;1-7(2)8-5-3-4-6-8;1-7(2)9-5-3-8-4-6-9;1-7(2)8-5-3-4-6-8;1-6(2)7-4-3-5-8-7;3*1-6(2)7-4-3-5-7;;;;;/h8-9H,3-7H2,1-2H3;2*8H,3-7H2,1-2H3;7-8H,3-6H2,1-2H3;7-8H,3-6H2,1-2H3;7H,3-6H2,1-2H3;6-8H,3-5H2,1-2H3;3*6H,3-5H2,1-2H3;5*1H4. The topological polar surface area (TPSA) is 46.7 Å². The fourth-order valence-corrected chi connectivity index (χ4v) is 12.6. The van der Waals surface area contributed by atoms with Gasteiger partial charge >= 0.3 is 0 Å². The molecule has 10 aliphatic rings. The molecule has 8 saturated heterocycles. The highest BCUT2D eigenvalue weighted by atomic mass is 15.2. The molecule has 0 spiro atoms. The normalized spacial score (nSPS) is 22.2. The number of nitrogens with zero attached hydrogens (tertiary/aromatic N) is 7. The van der Waals surface area contributed by atoms with E-state index in [1.54, 1.807) is 0 Å². The van der Waals surface area contributed by atoms with Gasteiger partial charge in [0.1, 0.15) is 0 Å². The van der Waals surface area contributed by atoms with Crippen LogP contribution in [0.3, 0.4) is 0 Å². The maximum atomic E-state index is 3.46. The molecule has 0 aromatic heterocycles. The van der Waals surface area contributed by atoms with Crippen molar-refractivity contribution in [2.75, 3.05) is 111 Å². The largest absolute Gasteiger partial charge is 0.314 e. The van der Waals surface area contributed by atoms with E-state index in [2.05, 4.69) is 183 Å². The number of hydrogen-bond acceptors (Lipinski definition) is 9. The average Bonchev–Trinajstić information content (AvgIpc) is 4.26. The zero-order valence-electron chi connectivity index (χ0n) is 59.2. The van der Waals surface area contributed by atoms with Gasteiger partial charge in [-0.2, -0.15) is 0 Å². The smallest absolute Gasteiger partial charge is 0.0110 e. The molecule has 9 heteroatoms. The minimum atomic E-state index is 0. The van der Waals surface area contributed by atoms with Crippen LogP contribution in [0.2, 0.25) is 0 Å². The Morgan fingerprint density at radius 1 is 0.221 bits per heavy atom. The van der Waals surface area contributed by atoms with Crippen molar-refractivity contribution in [2.24, 2.45) is 29.6 Å². The number of likely N-dealkylation sites (tertiary alicyclic amines) is 6. The van der Waals surface area contributed by atoms with Crippen LogP contribution >= 0.6 is 0 Å². The van der Waals surface area contributed by atoms with Gasteiger partial charge in [0.05, 0.1) is 0 Å². The fraction of sp³-hybridized carbons (Fsp3) is 1.00. The molecule has 0 bridgehead atoms. The Bertz CT molecular complexity index is 1130. The summed E-state index contributed by atoms with van der Waals surface area (Å²) in [6.07, 6.45) is 31.8. The van der Waals surface area contributed by atoms with E-state index in [4.69, 9.17) is 0 Å². The second-order valence-electron chi connectivity index (χ2n) is 29.4. The third kappa shape index (κ3) is 46.7. The predicted molar refractivity (Wildman–Crippen MR) is 398 cm³/mol. The van der Waals surface area contributed by atoms with E-state index in [0.29, 0.717) is 0 Å². The molecule has 1 atom stereocenters. The number of rotatable bonds is 10. The summed E-state index contributed by atoms with van der Waals surface area (Å²) in [5.41, 5.74) is 0. The third-order valence-corrected chi connectivity index (χ3v) is 19.7. The maximum Gasteiger partial charge on any atom is 0.0110 e. The molecule has 86 heavy (non-hydrogen) atoms. The predicted octanol–water partition coefficient (Wildman–Crippen LogP) is 19.5. The van der Waals surface area contributed by atoms with E-state index >= 15 is 0 Å². The van der Waals surface area contributed by atoms with Gasteiger partial charge < -0.3 is 40.0 Å². The highest BCUT2D eigenvalue weighted by Crippen LogP contribution is 2.31. The maximum absolute atomic E-state index is 3.46. The fourth-order valence-electron chi connectivity index (χ4n) is 12.6. The summed E-state index contributed by atoms with van der Waals surface area (Å²) in [5, 5.41) is 6.78. The van der Waals surface area contributed by atoms with Gasteiger partial charge in [0, 0.05) is 74.5 Å². The molecular weight excluding hydrogens is 1050 g/mol. The highest BCUT2D eigenvalue weighted by Gasteiger charge is 2.21. The Labute approximate surface area is 548 Å². The van der Waals surface area contributed by atoms with Crippen molar-refractivity contribution >= 4 is 0 Å². The molecule has 2 N–H and O–H groups in total. The van der Waals surface area contributed by atoms with E-state index < -0.39 is 0 Å². The second-order valence-corrected chi connectivity index (χ2v) is 29.4. The van der Waals surface area contributed by atoms with Gasteiger partial charge in [-0.25, -0.2) is 0 Å². The van der Waals surface area contributed by atoms with E-state index in [0.717, 1.165) is 91.0 Å². The van der Waals surface area contributed by atoms with Crippen molar-refractivity contribution in [2.45, 2.75) is 365 Å². The van der Waals surface area contributed by atoms with Gasteiger partial charge in [-0.3, -0.25) is 4.90 Å². The van der Waals surface area contributed by atoms with Crippen LogP contribution in [-0.2, 0) is 0 Å². The molecule has 0 radical (unpaired) electrons. The second kappa shape index (κ2) is 58.5. The zero-order chi connectivity index (χ0) is 60.5. The van der Waals surface area contributed by atoms with Crippen LogP contribution in [-0.4, -0.2) is 194 Å². The first-order chi connectivity index (χ1) is 38.5. The van der Waals surface area contributed by atoms with Gasteiger partial charge in [-0.1, -0.05) is 149 Å². The summed E-state index contributed by atoms with van der Waals surface area (Å²) in [4.78, 5) is 17.6. The van der Waals surface area contributed by atoms with Crippen molar-refractivity contribution in [3.8, 4) is 0 Å². The van der Waals surface area contributed by atoms with Gasteiger partial charge in [-0.15, -0.1) is 0 Å². The molecule has 0 aromatic rings. The molecule has 10 fully saturated rings. The lowest BCUT2D eigenvalue weighted by Crippen LogP contribution is -2.46. The van der Waals surface area contributed by atoms with E-state index in [-0.39, 0.29) is 37.1 Å². The van der Waals surface area contributed by atoms with E-state index in [1.807, 2.05) is 0 Å². The summed E-state index contributed by atoms with van der Waals surface area (Å²) in [7, 11) is 0. The van der Waals surface area contributed by atoms with Crippen LogP contribution in [0.1, 0.15) is 317 Å². The Hall–Kier alpha value is -0.360. The van der Waals surface area contributed by atoms with E-state index in [1.165, 1.54) is 239 Å². The highest BCUT2D eigenvalue weighted by molar-refractivity contribution is 4.77. The molecule has 526 valence electrons. The van der Waals surface area contributed by atoms with Crippen LogP contribution in [0.5, 0.6) is 0 Å². The Morgan fingerprint density at radius 3 is 0.593 bits per heavy atom. The average molecular weight is 1230 g/mol. The Balaban J connectivity index is -0.000000281. The summed E-state index contributed by atoms with van der Waals surface area (Å²) < 4.78 is 0. The van der Waals surface area contributed by atoms with Gasteiger partial charge in [-0.05, 0) is 282 Å². The summed E-state index contributed by atoms with van der Waals surface area (Å²) in [6.45, 7) is 67.6. The van der Waals surface area contributed by atoms with Gasteiger partial charge in [0.25, 0.3) is 0 Å². The molecule has 8 aliphatic heterocycles. The monoisotopic (exact) mass is 1220 g/mol. The van der Waals surface area contributed by atoms with E-state index in [9.17, 15) is 0 Å². The molecule has 9 nitrogen and oxygen atoms in total. The van der Waals surface area contributed by atoms with Gasteiger partial charge in [0.15, 0.2) is 0 Å². The van der Waals surface area contributed by atoms with Crippen molar-refractivity contribution in [1.29, 1.82) is 0 Å². The Morgan fingerprint density at radius 2 is 0.442 bits per heavy atom. The zero-order valence-corrected chi connectivity index (χ0v) is 59.2. The summed E-state index contributed by atoms with van der Waals surface area (Å²) in [5.74, 6) is 4.83. The SMILES string of the molecule is C.C.C.C.C.CC(C)C1CCCC1.CC(C)C1CCCCC1.CC(C)C1CCCN1.CC(C)N1CCC1.CC(C)N1CCC1.CC(C)N1CCC1.CC(C)N1CCCC1.CC(C)N1CCCCC1.CC(C)N1CCCCC1.CC(C)N1CCNCC1.